The van der Waals surface area contributed by atoms with Crippen molar-refractivity contribution in [1.82, 2.24) is 20.2 Å². The molecule has 0 aromatic carbocycles. The van der Waals surface area contributed by atoms with E-state index in [2.05, 4.69) is 20.2 Å². The van der Waals surface area contributed by atoms with Crippen LogP contribution < -0.4 is 5.32 Å². The minimum Gasteiger partial charge on any atom is -0.349 e. The number of hydrogen-bond donors (Lipinski definition) is 2. The van der Waals surface area contributed by atoms with Crippen LogP contribution in [0.4, 0.5) is 0 Å². The largest absolute Gasteiger partial charge is 0.349 e. The van der Waals surface area contributed by atoms with Crippen LogP contribution in [0.5, 0.6) is 0 Å². The molecule has 3 rings (SSSR count). The van der Waals surface area contributed by atoms with Gasteiger partial charge in [-0.1, -0.05) is 6.42 Å². The second-order valence-electron chi connectivity index (χ2n) is 5.59. The Morgan fingerprint density at radius 1 is 1.33 bits per heavy atom. The normalized spacial score (nSPS) is 28.4. The Kier molecular flexibility index (Phi) is 3.96. The first-order chi connectivity index (χ1) is 8.93. The molecular formula is C14H24N4. The van der Waals surface area contributed by atoms with E-state index in [0.29, 0.717) is 0 Å². The molecule has 100 valence electrons. The number of nitrogens with one attached hydrogen (secondary N) is 2. The molecule has 2 aliphatic rings. The summed E-state index contributed by atoms with van der Waals surface area (Å²) in [4.78, 5) is 10.1. The van der Waals surface area contributed by atoms with Crippen LogP contribution in [0, 0.1) is 0 Å². The van der Waals surface area contributed by atoms with Gasteiger partial charge in [-0.05, 0) is 38.8 Å². The van der Waals surface area contributed by atoms with E-state index in [1.165, 1.54) is 45.2 Å². The van der Waals surface area contributed by atoms with Crippen molar-refractivity contribution in [3.8, 4) is 0 Å². The molecule has 3 heterocycles. The predicted molar refractivity (Wildman–Crippen MR) is 72.5 cm³/mol. The zero-order chi connectivity index (χ0) is 12.2. The first kappa shape index (κ1) is 12.2. The summed E-state index contributed by atoms with van der Waals surface area (Å²) >= 11 is 0. The molecule has 0 spiro atoms. The first-order valence-corrected chi connectivity index (χ1v) is 7.39. The molecule has 4 heteroatoms. The Hall–Kier alpha value is -0.870. The average molecular weight is 248 g/mol. The van der Waals surface area contributed by atoms with Gasteiger partial charge in [0, 0.05) is 37.4 Å². The fourth-order valence-electron chi connectivity index (χ4n) is 3.46. The number of fused-ring (bicyclic) bond motifs is 1. The Balaban J connectivity index is 1.38. The van der Waals surface area contributed by atoms with E-state index in [0.717, 1.165) is 30.9 Å². The van der Waals surface area contributed by atoms with Crippen LogP contribution >= 0.6 is 0 Å². The van der Waals surface area contributed by atoms with Gasteiger partial charge in [0.1, 0.15) is 5.82 Å². The third-order valence-electron chi connectivity index (χ3n) is 4.41. The Morgan fingerprint density at radius 3 is 3.22 bits per heavy atom. The van der Waals surface area contributed by atoms with Gasteiger partial charge >= 0.3 is 0 Å². The number of aromatic nitrogens is 2. The Morgan fingerprint density at radius 2 is 2.33 bits per heavy atom. The van der Waals surface area contributed by atoms with Crippen molar-refractivity contribution in [3.05, 3.63) is 18.2 Å². The summed E-state index contributed by atoms with van der Waals surface area (Å²) in [6.07, 6.45) is 11.5. The first-order valence-electron chi connectivity index (χ1n) is 7.39. The standard InChI is InChI=1S/C14H24N4/c1-2-10-18-11-6-12(13(18)4-1)15-7-3-5-14-16-8-9-17-14/h8-9,12-13,15H,1-7,10-11H2,(H,16,17). The van der Waals surface area contributed by atoms with Crippen LogP contribution in [0.15, 0.2) is 12.4 Å². The molecule has 2 atom stereocenters. The molecule has 0 radical (unpaired) electrons. The summed E-state index contributed by atoms with van der Waals surface area (Å²) in [6.45, 7) is 3.76. The Bertz CT molecular complexity index is 349. The van der Waals surface area contributed by atoms with Gasteiger partial charge in [0.25, 0.3) is 0 Å². The molecule has 18 heavy (non-hydrogen) atoms. The van der Waals surface area contributed by atoms with E-state index >= 15 is 0 Å². The van der Waals surface area contributed by atoms with E-state index < -0.39 is 0 Å². The number of nitrogens with zero attached hydrogens (tertiary/aromatic N) is 2. The van der Waals surface area contributed by atoms with Crippen molar-refractivity contribution < 1.29 is 0 Å². The zero-order valence-corrected chi connectivity index (χ0v) is 11.1. The maximum Gasteiger partial charge on any atom is 0.106 e. The number of aromatic amines is 1. The van der Waals surface area contributed by atoms with Crippen molar-refractivity contribution in [2.75, 3.05) is 19.6 Å². The minimum atomic E-state index is 0.738. The fourth-order valence-corrected chi connectivity index (χ4v) is 3.46. The van der Waals surface area contributed by atoms with Crippen LogP contribution in [-0.2, 0) is 6.42 Å². The van der Waals surface area contributed by atoms with Gasteiger partial charge in [0.15, 0.2) is 0 Å². The summed E-state index contributed by atoms with van der Waals surface area (Å²) in [7, 11) is 0. The third-order valence-corrected chi connectivity index (χ3v) is 4.41. The van der Waals surface area contributed by atoms with E-state index in [1.807, 2.05) is 12.4 Å². The van der Waals surface area contributed by atoms with Crippen LogP contribution in [0.2, 0.25) is 0 Å². The highest BCUT2D eigenvalue weighted by Gasteiger charge is 2.34. The highest BCUT2D eigenvalue weighted by Crippen LogP contribution is 2.26. The number of aryl methyl sites for hydroxylation is 1. The van der Waals surface area contributed by atoms with Crippen LogP contribution in [0.25, 0.3) is 0 Å². The maximum atomic E-state index is 4.26. The maximum absolute atomic E-state index is 4.26. The molecule has 0 saturated carbocycles. The zero-order valence-electron chi connectivity index (χ0n) is 11.1. The molecule has 0 aliphatic carbocycles. The molecule has 1 aromatic rings. The quantitative estimate of drug-likeness (QED) is 0.777. The average Bonchev–Trinajstić information content (AvgIpc) is 3.04. The molecule has 0 bridgehead atoms. The lowest BCUT2D eigenvalue weighted by atomic mass is 9.99. The fraction of sp³-hybridized carbons (Fsp3) is 0.786. The van der Waals surface area contributed by atoms with Gasteiger partial charge in [0.2, 0.25) is 0 Å². The summed E-state index contributed by atoms with van der Waals surface area (Å²) < 4.78 is 0. The minimum absolute atomic E-state index is 0.738. The predicted octanol–water partition coefficient (Wildman–Crippen LogP) is 1.56. The lowest BCUT2D eigenvalue weighted by Gasteiger charge is -2.32. The molecular weight excluding hydrogens is 224 g/mol. The van der Waals surface area contributed by atoms with E-state index in [1.54, 1.807) is 0 Å². The van der Waals surface area contributed by atoms with Crippen molar-refractivity contribution in [1.29, 1.82) is 0 Å². The van der Waals surface area contributed by atoms with Crippen LogP contribution in [0.1, 0.15) is 37.9 Å². The molecule has 0 amide bonds. The monoisotopic (exact) mass is 248 g/mol. The van der Waals surface area contributed by atoms with Gasteiger partial charge in [-0.3, -0.25) is 4.90 Å². The number of imidazole rings is 1. The van der Waals surface area contributed by atoms with Gasteiger partial charge in [-0.15, -0.1) is 0 Å². The summed E-state index contributed by atoms with van der Waals surface area (Å²) in [5, 5.41) is 3.76. The summed E-state index contributed by atoms with van der Waals surface area (Å²) in [5.41, 5.74) is 0. The van der Waals surface area contributed by atoms with Crippen molar-refractivity contribution in [3.63, 3.8) is 0 Å². The molecule has 1 aromatic heterocycles. The van der Waals surface area contributed by atoms with Crippen LogP contribution in [0.3, 0.4) is 0 Å². The smallest absolute Gasteiger partial charge is 0.106 e. The summed E-state index contributed by atoms with van der Waals surface area (Å²) in [6, 6.07) is 1.56. The van der Waals surface area contributed by atoms with E-state index in [-0.39, 0.29) is 0 Å². The molecule has 2 N–H and O–H groups in total. The summed E-state index contributed by atoms with van der Waals surface area (Å²) in [5.74, 6) is 1.11. The Labute approximate surface area is 109 Å². The van der Waals surface area contributed by atoms with Crippen molar-refractivity contribution >= 4 is 0 Å². The number of rotatable bonds is 5. The molecule has 2 saturated heterocycles. The molecule has 2 fully saturated rings. The van der Waals surface area contributed by atoms with Crippen molar-refractivity contribution in [2.24, 2.45) is 0 Å². The second-order valence-corrected chi connectivity index (χ2v) is 5.59. The second kappa shape index (κ2) is 5.85. The van der Waals surface area contributed by atoms with Crippen LogP contribution in [-0.4, -0.2) is 46.6 Å². The van der Waals surface area contributed by atoms with Crippen molar-refractivity contribution in [2.45, 2.75) is 50.6 Å². The van der Waals surface area contributed by atoms with E-state index in [9.17, 15) is 0 Å². The SMILES string of the molecule is c1c[nH]c(CCCNC2CCN3CCCCC23)n1. The van der Waals surface area contributed by atoms with Gasteiger partial charge in [-0.2, -0.15) is 0 Å². The molecule has 2 unspecified atom stereocenters. The highest BCUT2D eigenvalue weighted by atomic mass is 15.2. The van der Waals surface area contributed by atoms with Gasteiger partial charge in [-0.25, -0.2) is 4.98 Å². The number of piperidine rings is 1. The molecule has 4 nitrogen and oxygen atoms in total. The number of hydrogen-bond acceptors (Lipinski definition) is 3. The molecule has 2 aliphatic heterocycles. The van der Waals surface area contributed by atoms with Gasteiger partial charge < -0.3 is 10.3 Å². The lowest BCUT2D eigenvalue weighted by molar-refractivity contribution is 0.180. The van der Waals surface area contributed by atoms with Gasteiger partial charge in [0.05, 0.1) is 0 Å². The number of H-pyrrole nitrogens is 1. The van der Waals surface area contributed by atoms with E-state index in [4.69, 9.17) is 0 Å². The lowest BCUT2D eigenvalue weighted by Crippen LogP contribution is -2.45. The third kappa shape index (κ3) is 2.75. The topological polar surface area (TPSA) is 44.0 Å². The highest BCUT2D eigenvalue weighted by molar-refractivity contribution is 4.94.